The van der Waals surface area contributed by atoms with E-state index in [-0.39, 0.29) is 11.5 Å². The predicted octanol–water partition coefficient (Wildman–Crippen LogP) is 2.39. The van der Waals surface area contributed by atoms with E-state index in [1.807, 2.05) is 12.1 Å². The Morgan fingerprint density at radius 1 is 1.15 bits per heavy atom. The molecule has 1 aliphatic heterocycles. The molecule has 0 bridgehead atoms. The van der Waals surface area contributed by atoms with Gasteiger partial charge in [-0.25, -0.2) is 8.42 Å². The number of sulfone groups is 1. The van der Waals surface area contributed by atoms with Crippen molar-refractivity contribution in [3.8, 4) is 0 Å². The van der Waals surface area contributed by atoms with Crippen LogP contribution in [0.15, 0.2) is 24.3 Å². The fourth-order valence-corrected chi connectivity index (χ4v) is 6.33. The molecule has 0 radical (unpaired) electrons. The van der Waals surface area contributed by atoms with Crippen LogP contribution in [0.25, 0.3) is 0 Å². The Labute approximate surface area is 164 Å². The summed E-state index contributed by atoms with van der Waals surface area (Å²) in [5, 5.41) is 3.30. The highest BCUT2D eigenvalue weighted by molar-refractivity contribution is 7.91. The van der Waals surface area contributed by atoms with Crippen molar-refractivity contribution in [3.63, 3.8) is 0 Å². The molecular formula is C19H24ClNO5S. The fraction of sp³-hybridized carbons (Fsp3) is 0.579. The van der Waals surface area contributed by atoms with Crippen LogP contribution in [0.4, 0.5) is 0 Å². The van der Waals surface area contributed by atoms with Crippen LogP contribution in [0.5, 0.6) is 0 Å². The minimum atomic E-state index is -3.13. The molecule has 1 amide bonds. The van der Waals surface area contributed by atoms with Crippen LogP contribution < -0.4 is 5.32 Å². The van der Waals surface area contributed by atoms with Crippen LogP contribution in [0.1, 0.15) is 44.6 Å². The predicted molar refractivity (Wildman–Crippen MR) is 102 cm³/mol. The molecule has 1 aliphatic carbocycles. The zero-order chi connectivity index (χ0) is 19.7. The number of halogens is 1. The summed E-state index contributed by atoms with van der Waals surface area (Å²) < 4.78 is 28.6. The first kappa shape index (κ1) is 20.1. The number of amides is 1. The molecule has 0 aromatic heterocycles. The normalized spacial score (nSPS) is 25.9. The van der Waals surface area contributed by atoms with E-state index >= 15 is 0 Å². The van der Waals surface area contributed by atoms with Crippen molar-refractivity contribution in [3.05, 3.63) is 34.9 Å². The summed E-state index contributed by atoms with van der Waals surface area (Å²) in [5.41, 5.74) is -0.696. The van der Waals surface area contributed by atoms with E-state index in [4.69, 9.17) is 16.3 Å². The molecule has 1 heterocycles. The van der Waals surface area contributed by atoms with Gasteiger partial charge < -0.3 is 10.1 Å². The van der Waals surface area contributed by atoms with Gasteiger partial charge in [0, 0.05) is 5.02 Å². The smallest absolute Gasteiger partial charge is 0.317 e. The average Bonchev–Trinajstić information content (AvgIpc) is 3.19. The van der Waals surface area contributed by atoms with Gasteiger partial charge in [0.2, 0.25) is 0 Å². The van der Waals surface area contributed by atoms with Gasteiger partial charge in [0.1, 0.15) is 0 Å². The summed E-state index contributed by atoms with van der Waals surface area (Å²) in [4.78, 5) is 25.1. The van der Waals surface area contributed by atoms with Crippen molar-refractivity contribution in [1.29, 1.82) is 0 Å². The molecule has 3 rings (SSSR count). The van der Waals surface area contributed by atoms with Gasteiger partial charge in [-0.3, -0.25) is 9.59 Å². The number of carbonyl (C=O) groups excluding carboxylic acids is 2. The Hall–Kier alpha value is -1.60. The maximum absolute atomic E-state index is 12.8. The van der Waals surface area contributed by atoms with Gasteiger partial charge in [-0.2, -0.15) is 0 Å². The molecule has 1 saturated carbocycles. The first-order valence-electron chi connectivity index (χ1n) is 9.09. The average molecular weight is 414 g/mol. The van der Waals surface area contributed by atoms with Crippen LogP contribution in [-0.2, 0) is 29.6 Å². The third kappa shape index (κ3) is 4.46. The van der Waals surface area contributed by atoms with E-state index in [0.717, 1.165) is 18.4 Å². The highest BCUT2D eigenvalue weighted by Crippen LogP contribution is 2.42. The van der Waals surface area contributed by atoms with E-state index in [2.05, 4.69) is 5.32 Å². The third-order valence-electron chi connectivity index (χ3n) is 5.52. The lowest BCUT2D eigenvalue weighted by atomic mass is 9.79. The topological polar surface area (TPSA) is 89.5 Å². The van der Waals surface area contributed by atoms with Gasteiger partial charge >= 0.3 is 5.97 Å². The van der Waals surface area contributed by atoms with Crippen molar-refractivity contribution < 1.29 is 22.7 Å². The lowest BCUT2D eigenvalue weighted by Gasteiger charge is -2.28. The quantitative estimate of drug-likeness (QED) is 0.748. The number of hydrogen-bond donors (Lipinski definition) is 1. The van der Waals surface area contributed by atoms with E-state index in [0.29, 0.717) is 24.3 Å². The lowest BCUT2D eigenvalue weighted by Crippen LogP contribution is -2.49. The number of hydrogen-bond acceptors (Lipinski definition) is 5. The number of nitrogens with one attached hydrogen (secondary N) is 1. The monoisotopic (exact) mass is 413 g/mol. The summed E-state index contributed by atoms with van der Waals surface area (Å²) in [6.45, 7) is 1.28. The van der Waals surface area contributed by atoms with Gasteiger partial charge in [0.15, 0.2) is 16.4 Å². The van der Waals surface area contributed by atoms with Crippen LogP contribution in [0.2, 0.25) is 5.02 Å². The Kier molecular flexibility index (Phi) is 5.54. The molecule has 6 nitrogen and oxygen atoms in total. The Balaban J connectivity index is 1.63. The van der Waals surface area contributed by atoms with Crippen LogP contribution in [0, 0.1) is 0 Å². The summed E-state index contributed by atoms with van der Waals surface area (Å²) in [6, 6.07) is 7.16. The van der Waals surface area contributed by atoms with Crippen LogP contribution in [0.3, 0.4) is 0 Å². The molecule has 1 atom stereocenters. The van der Waals surface area contributed by atoms with Crippen molar-refractivity contribution in [1.82, 2.24) is 5.32 Å². The molecular weight excluding hydrogens is 390 g/mol. The molecule has 1 aromatic rings. The number of esters is 1. The first-order valence-corrected chi connectivity index (χ1v) is 11.3. The fourth-order valence-electron chi connectivity index (χ4n) is 4.11. The van der Waals surface area contributed by atoms with Gasteiger partial charge in [0.05, 0.1) is 22.5 Å². The third-order valence-corrected chi connectivity index (χ3v) is 7.68. The Morgan fingerprint density at radius 2 is 1.78 bits per heavy atom. The number of ether oxygens (including phenoxy) is 1. The first-order chi connectivity index (χ1) is 12.6. The van der Waals surface area contributed by atoms with E-state index < -0.39 is 39.3 Å². The van der Waals surface area contributed by atoms with Crippen molar-refractivity contribution in [2.75, 3.05) is 18.1 Å². The highest BCUT2D eigenvalue weighted by Gasteiger charge is 2.45. The highest BCUT2D eigenvalue weighted by atomic mass is 35.5. The molecule has 2 fully saturated rings. The van der Waals surface area contributed by atoms with Gasteiger partial charge in [-0.1, -0.05) is 36.6 Å². The molecule has 1 saturated heterocycles. The zero-order valence-electron chi connectivity index (χ0n) is 15.3. The van der Waals surface area contributed by atoms with Crippen LogP contribution >= 0.6 is 11.6 Å². The van der Waals surface area contributed by atoms with Crippen molar-refractivity contribution in [2.24, 2.45) is 0 Å². The molecule has 148 valence electrons. The standard InChI is InChI=1S/C19H24ClNO5S/c1-18(10-11-27(24,25)13-18)21-16(22)12-26-17(23)19(8-2-3-9-19)14-4-6-15(20)7-5-14/h4-7H,2-3,8-13H2,1H3,(H,21,22)/t18-/m1/s1. The summed E-state index contributed by atoms with van der Waals surface area (Å²) in [7, 11) is -3.13. The Bertz CT molecular complexity index is 830. The summed E-state index contributed by atoms with van der Waals surface area (Å²) in [6.07, 6.45) is 3.54. The molecule has 2 aliphatic rings. The molecule has 1 aromatic carbocycles. The summed E-state index contributed by atoms with van der Waals surface area (Å²) in [5.74, 6) is -0.925. The second-order valence-corrected chi connectivity index (χ2v) is 10.4. The zero-order valence-corrected chi connectivity index (χ0v) is 16.9. The molecule has 27 heavy (non-hydrogen) atoms. The lowest BCUT2D eigenvalue weighted by molar-refractivity contribution is -0.154. The minimum Gasteiger partial charge on any atom is -0.455 e. The van der Waals surface area contributed by atoms with Gasteiger partial charge in [-0.15, -0.1) is 0 Å². The van der Waals surface area contributed by atoms with Crippen molar-refractivity contribution in [2.45, 2.75) is 50.0 Å². The second kappa shape index (κ2) is 7.43. The number of carbonyl (C=O) groups is 2. The van der Waals surface area contributed by atoms with Crippen molar-refractivity contribution >= 4 is 33.3 Å². The number of rotatable bonds is 5. The van der Waals surface area contributed by atoms with Crippen LogP contribution in [-0.4, -0.2) is 43.9 Å². The molecule has 8 heteroatoms. The molecule has 1 N–H and O–H groups in total. The minimum absolute atomic E-state index is 0.0588. The van der Waals surface area contributed by atoms with Gasteiger partial charge in [0.25, 0.3) is 5.91 Å². The second-order valence-electron chi connectivity index (χ2n) is 7.82. The number of benzene rings is 1. The summed E-state index contributed by atoms with van der Waals surface area (Å²) >= 11 is 5.95. The molecule has 0 unspecified atom stereocenters. The van der Waals surface area contributed by atoms with E-state index in [1.165, 1.54) is 0 Å². The Morgan fingerprint density at radius 3 is 2.33 bits per heavy atom. The maximum Gasteiger partial charge on any atom is 0.317 e. The van der Waals surface area contributed by atoms with E-state index in [1.54, 1.807) is 19.1 Å². The largest absolute Gasteiger partial charge is 0.455 e. The SMILES string of the molecule is C[C@@]1(NC(=O)COC(=O)C2(c3ccc(Cl)cc3)CCCC2)CCS(=O)(=O)C1. The van der Waals surface area contributed by atoms with E-state index in [9.17, 15) is 18.0 Å². The molecule has 0 spiro atoms. The van der Waals surface area contributed by atoms with Gasteiger partial charge in [-0.05, 0) is 43.9 Å². The maximum atomic E-state index is 12.8.